The summed E-state index contributed by atoms with van der Waals surface area (Å²) in [5.41, 5.74) is 5.94. The molecule has 1 aromatic carbocycles. The molecule has 3 amide bonds. The van der Waals surface area contributed by atoms with E-state index < -0.39 is 5.54 Å². The van der Waals surface area contributed by atoms with Gasteiger partial charge in [-0.15, -0.1) is 0 Å². The standard InChI is InChI=1S/C11H13N3O2/c1-11(7-3-5-8(12)6-4-7)9(15)14(2)10(16)13-11/h3-6H,12H2,1-2H3,(H,13,16)/t11-/m0/s1. The highest BCUT2D eigenvalue weighted by Crippen LogP contribution is 2.28. The number of carbonyl (C=O) groups is 2. The van der Waals surface area contributed by atoms with Gasteiger partial charge in [0, 0.05) is 12.7 Å². The van der Waals surface area contributed by atoms with Crippen molar-refractivity contribution in [2.75, 3.05) is 12.8 Å². The normalized spacial score (nSPS) is 24.8. The van der Waals surface area contributed by atoms with E-state index >= 15 is 0 Å². The predicted octanol–water partition coefficient (Wildman–Crippen LogP) is 0.666. The molecule has 1 aliphatic rings. The molecule has 16 heavy (non-hydrogen) atoms. The van der Waals surface area contributed by atoms with Crippen LogP contribution in [0.2, 0.25) is 0 Å². The van der Waals surface area contributed by atoms with Gasteiger partial charge in [-0.3, -0.25) is 9.69 Å². The third-order valence-electron chi connectivity index (χ3n) is 2.88. The smallest absolute Gasteiger partial charge is 0.325 e. The van der Waals surface area contributed by atoms with Gasteiger partial charge in [-0.05, 0) is 24.6 Å². The summed E-state index contributed by atoms with van der Waals surface area (Å²) in [6, 6.07) is 6.51. The van der Waals surface area contributed by atoms with E-state index in [1.54, 1.807) is 31.2 Å². The van der Waals surface area contributed by atoms with Crippen LogP contribution in [0.3, 0.4) is 0 Å². The molecule has 0 unspecified atom stereocenters. The molecule has 3 N–H and O–H groups in total. The summed E-state index contributed by atoms with van der Waals surface area (Å²) in [5.74, 6) is -0.262. The van der Waals surface area contributed by atoms with Crippen molar-refractivity contribution in [3.05, 3.63) is 29.8 Å². The molecule has 1 aliphatic heterocycles. The largest absolute Gasteiger partial charge is 0.399 e. The van der Waals surface area contributed by atoms with Crippen LogP contribution in [0.15, 0.2) is 24.3 Å². The van der Waals surface area contributed by atoms with Crippen LogP contribution in [0, 0.1) is 0 Å². The van der Waals surface area contributed by atoms with Gasteiger partial charge in [-0.1, -0.05) is 12.1 Å². The number of carbonyl (C=O) groups excluding carboxylic acids is 2. The molecule has 5 nitrogen and oxygen atoms in total. The molecular weight excluding hydrogens is 206 g/mol. The number of amides is 3. The van der Waals surface area contributed by atoms with Crippen molar-refractivity contribution in [2.24, 2.45) is 0 Å². The van der Waals surface area contributed by atoms with E-state index in [1.807, 2.05) is 0 Å². The van der Waals surface area contributed by atoms with Crippen molar-refractivity contribution in [1.82, 2.24) is 10.2 Å². The van der Waals surface area contributed by atoms with Gasteiger partial charge in [0.1, 0.15) is 5.54 Å². The van der Waals surface area contributed by atoms with E-state index in [1.165, 1.54) is 7.05 Å². The second-order valence-corrected chi connectivity index (χ2v) is 4.04. The summed E-state index contributed by atoms with van der Waals surface area (Å²) in [5, 5.41) is 2.66. The number of hydrogen-bond acceptors (Lipinski definition) is 3. The fraction of sp³-hybridized carbons (Fsp3) is 0.273. The molecule has 0 saturated carbocycles. The Morgan fingerprint density at radius 1 is 1.25 bits per heavy atom. The van der Waals surface area contributed by atoms with Crippen molar-refractivity contribution >= 4 is 17.6 Å². The highest BCUT2D eigenvalue weighted by molar-refractivity contribution is 6.06. The van der Waals surface area contributed by atoms with Gasteiger partial charge in [0.2, 0.25) is 0 Å². The Balaban J connectivity index is 2.44. The average Bonchev–Trinajstić information content (AvgIpc) is 2.45. The SMILES string of the molecule is CN1C(=O)N[C@@](C)(c2ccc(N)cc2)C1=O. The predicted molar refractivity (Wildman–Crippen MR) is 59.5 cm³/mol. The number of likely N-dealkylation sites (N-methyl/N-ethyl adjacent to an activating group) is 1. The third-order valence-corrected chi connectivity index (χ3v) is 2.88. The first-order valence-corrected chi connectivity index (χ1v) is 4.91. The molecule has 0 aliphatic carbocycles. The molecule has 1 fully saturated rings. The van der Waals surface area contributed by atoms with Gasteiger partial charge in [-0.25, -0.2) is 4.79 Å². The molecule has 1 atom stereocenters. The van der Waals surface area contributed by atoms with Crippen LogP contribution in [0.25, 0.3) is 0 Å². The zero-order valence-electron chi connectivity index (χ0n) is 9.15. The number of urea groups is 1. The first-order valence-electron chi connectivity index (χ1n) is 4.91. The van der Waals surface area contributed by atoms with E-state index in [0.29, 0.717) is 5.69 Å². The molecule has 2 rings (SSSR count). The molecule has 1 aromatic rings. The number of imide groups is 1. The molecule has 0 bridgehead atoms. The molecular formula is C11H13N3O2. The number of nitrogens with one attached hydrogen (secondary N) is 1. The Morgan fingerprint density at radius 3 is 2.25 bits per heavy atom. The molecule has 0 aromatic heterocycles. The first-order chi connectivity index (χ1) is 7.45. The number of nitrogen functional groups attached to an aromatic ring is 1. The number of hydrogen-bond donors (Lipinski definition) is 2. The lowest BCUT2D eigenvalue weighted by atomic mass is 9.92. The number of anilines is 1. The van der Waals surface area contributed by atoms with Crippen molar-refractivity contribution in [1.29, 1.82) is 0 Å². The Hall–Kier alpha value is -2.04. The lowest BCUT2D eigenvalue weighted by Gasteiger charge is -2.21. The number of nitrogens with zero attached hydrogens (tertiary/aromatic N) is 1. The third kappa shape index (κ3) is 1.32. The monoisotopic (exact) mass is 219 g/mol. The van der Waals surface area contributed by atoms with Crippen LogP contribution in [0.4, 0.5) is 10.5 Å². The van der Waals surface area contributed by atoms with Crippen molar-refractivity contribution < 1.29 is 9.59 Å². The van der Waals surface area contributed by atoms with Gasteiger partial charge in [0.25, 0.3) is 5.91 Å². The van der Waals surface area contributed by atoms with Crippen LogP contribution in [0.5, 0.6) is 0 Å². The minimum Gasteiger partial charge on any atom is -0.399 e. The van der Waals surface area contributed by atoms with Gasteiger partial charge in [0.05, 0.1) is 0 Å². The molecule has 0 spiro atoms. The lowest BCUT2D eigenvalue weighted by Crippen LogP contribution is -2.40. The van der Waals surface area contributed by atoms with Gasteiger partial charge in [-0.2, -0.15) is 0 Å². The van der Waals surface area contributed by atoms with E-state index in [0.717, 1.165) is 10.5 Å². The maximum Gasteiger partial charge on any atom is 0.325 e. The fourth-order valence-electron chi connectivity index (χ4n) is 1.79. The Kier molecular flexibility index (Phi) is 2.11. The number of rotatable bonds is 1. The zero-order valence-corrected chi connectivity index (χ0v) is 9.15. The molecule has 0 radical (unpaired) electrons. The van der Waals surface area contributed by atoms with Crippen molar-refractivity contribution in [2.45, 2.75) is 12.5 Å². The topological polar surface area (TPSA) is 75.4 Å². The first kappa shape index (κ1) is 10.5. The number of benzene rings is 1. The Bertz CT molecular complexity index is 455. The minimum atomic E-state index is -0.987. The van der Waals surface area contributed by atoms with E-state index in [-0.39, 0.29) is 11.9 Å². The molecule has 1 heterocycles. The van der Waals surface area contributed by atoms with Crippen LogP contribution in [-0.2, 0) is 10.3 Å². The van der Waals surface area contributed by atoms with Gasteiger partial charge in [0.15, 0.2) is 0 Å². The van der Waals surface area contributed by atoms with Crippen LogP contribution in [0.1, 0.15) is 12.5 Å². The van der Waals surface area contributed by atoms with Crippen LogP contribution < -0.4 is 11.1 Å². The second-order valence-electron chi connectivity index (χ2n) is 4.04. The van der Waals surface area contributed by atoms with E-state index in [2.05, 4.69) is 5.32 Å². The van der Waals surface area contributed by atoms with Crippen molar-refractivity contribution in [3.63, 3.8) is 0 Å². The summed E-state index contributed by atoms with van der Waals surface area (Å²) >= 11 is 0. The summed E-state index contributed by atoms with van der Waals surface area (Å²) in [7, 11) is 1.46. The van der Waals surface area contributed by atoms with Crippen LogP contribution in [-0.4, -0.2) is 23.9 Å². The van der Waals surface area contributed by atoms with Gasteiger partial charge < -0.3 is 11.1 Å². The Morgan fingerprint density at radius 2 is 1.81 bits per heavy atom. The summed E-state index contributed by atoms with van der Waals surface area (Å²) in [6.45, 7) is 1.68. The zero-order chi connectivity index (χ0) is 11.9. The minimum absolute atomic E-state index is 0.262. The molecule has 84 valence electrons. The van der Waals surface area contributed by atoms with E-state index in [4.69, 9.17) is 5.73 Å². The average molecular weight is 219 g/mol. The maximum atomic E-state index is 11.9. The summed E-state index contributed by atoms with van der Waals surface area (Å²) in [6.07, 6.45) is 0. The highest BCUT2D eigenvalue weighted by Gasteiger charge is 2.47. The van der Waals surface area contributed by atoms with Crippen LogP contribution >= 0.6 is 0 Å². The lowest BCUT2D eigenvalue weighted by molar-refractivity contribution is -0.130. The summed E-state index contributed by atoms with van der Waals surface area (Å²) < 4.78 is 0. The molecule has 1 saturated heterocycles. The second kappa shape index (κ2) is 3.23. The quantitative estimate of drug-likeness (QED) is 0.538. The fourth-order valence-corrected chi connectivity index (χ4v) is 1.79. The summed E-state index contributed by atoms with van der Waals surface area (Å²) in [4.78, 5) is 24.4. The van der Waals surface area contributed by atoms with Crippen molar-refractivity contribution in [3.8, 4) is 0 Å². The molecule has 5 heteroatoms. The maximum absolute atomic E-state index is 11.9. The number of nitrogens with two attached hydrogens (primary N) is 1. The Labute approximate surface area is 93.2 Å². The highest BCUT2D eigenvalue weighted by atomic mass is 16.2. The van der Waals surface area contributed by atoms with Gasteiger partial charge >= 0.3 is 6.03 Å². The van der Waals surface area contributed by atoms with E-state index in [9.17, 15) is 9.59 Å².